The van der Waals surface area contributed by atoms with Crippen molar-refractivity contribution in [3.05, 3.63) is 11.9 Å². The van der Waals surface area contributed by atoms with E-state index in [0.717, 1.165) is 44.7 Å². The van der Waals surface area contributed by atoms with Gasteiger partial charge in [-0.3, -0.25) is 9.58 Å². The number of hydrogen-bond acceptors (Lipinski definition) is 5. The number of hydrogen-bond donors (Lipinski definition) is 1. The summed E-state index contributed by atoms with van der Waals surface area (Å²) in [5.74, 6) is 0.677. The Kier molecular flexibility index (Phi) is 5.61. The summed E-state index contributed by atoms with van der Waals surface area (Å²) in [7, 11) is 5.83. The Morgan fingerprint density at radius 1 is 1.43 bits per heavy atom. The molecule has 2 unspecified atom stereocenters. The van der Waals surface area contributed by atoms with Crippen LogP contribution in [0.3, 0.4) is 0 Å². The van der Waals surface area contributed by atoms with Crippen molar-refractivity contribution in [2.75, 3.05) is 40.8 Å². The molecule has 0 amide bonds. The Morgan fingerprint density at radius 3 is 2.86 bits per heavy atom. The maximum absolute atomic E-state index is 11.0. The van der Waals surface area contributed by atoms with Gasteiger partial charge in [-0.25, -0.2) is 0 Å². The van der Waals surface area contributed by atoms with E-state index in [4.69, 9.17) is 4.74 Å². The Labute approximate surface area is 127 Å². The van der Waals surface area contributed by atoms with Gasteiger partial charge in [-0.15, -0.1) is 0 Å². The van der Waals surface area contributed by atoms with Gasteiger partial charge in [0.25, 0.3) is 0 Å². The Morgan fingerprint density at radius 2 is 2.19 bits per heavy atom. The first kappa shape index (κ1) is 16.3. The molecule has 2 rings (SSSR count). The van der Waals surface area contributed by atoms with Crippen molar-refractivity contribution in [2.24, 2.45) is 0 Å². The Balaban J connectivity index is 2.28. The molecule has 2 atom stereocenters. The van der Waals surface area contributed by atoms with Crippen LogP contribution in [0.2, 0.25) is 0 Å². The van der Waals surface area contributed by atoms with Gasteiger partial charge in [0.2, 0.25) is 0 Å². The lowest BCUT2D eigenvalue weighted by Gasteiger charge is -2.32. The third-order valence-electron chi connectivity index (χ3n) is 4.26. The van der Waals surface area contributed by atoms with Crippen molar-refractivity contribution < 1.29 is 9.84 Å². The SMILES string of the molecule is CCCn1ncc(OC)c1C(O)C1CN(C)CCCN1C. The van der Waals surface area contributed by atoms with Gasteiger partial charge in [-0.1, -0.05) is 6.92 Å². The van der Waals surface area contributed by atoms with E-state index in [1.165, 1.54) is 0 Å². The second-order valence-corrected chi connectivity index (χ2v) is 5.93. The number of aryl methyl sites for hydroxylation is 1. The predicted octanol–water partition coefficient (Wildman–Crippen LogP) is 0.971. The molecule has 120 valence electrons. The van der Waals surface area contributed by atoms with Crippen LogP contribution in [0.4, 0.5) is 0 Å². The highest BCUT2D eigenvalue weighted by atomic mass is 16.5. The van der Waals surface area contributed by atoms with Gasteiger partial charge in [-0.2, -0.15) is 5.10 Å². The van der Waals surface area contributed by atoms with Crippen LogP contribution < -0.4 is 4.74 Å². The van der Waals surface area contributed by atoms with Crippen molar-refractivity contribution in [3.8, 4) is 5.75 Å². The largest absolute Gasteiger partial charge is 0.493 e. The van der Waals surface area contributed by atoms with E-state index < -0.39 is 6.10 Å². The molecule has 0 aromatic carbocycles. The summed E-state index contributed by atoms with van der Waals surface area (Å²) in [6, 6.07) is 0.0544. The quantitative estimate of drug-likeness (QED) is 0.877. The number of nitrogens with zero attached hydrogens (tertiary/aromatic N) is 4. The lowest BCUT2D eigenvalue weighted by molar-refractivity contribution is 0.0491. The van der Waals surface area contributed by atoms with Crippen LogP contribution in [0, 0.1) is 0 Å². The molecule has 0 radical (unpaired) electrons. The second kappa shape index (κ2) is 7.24. The monoisotopic (exact) mass is 296 g/mol. The van der Waals surface area contributed by atoms with Gasteiger partial charge in [0.05, 0.1) is 19.3 Å². The third kappa shape index (κ3) is 3.56. The van der Waals surface area contributed by atoms with Crippen molar-refractivity contribution in [3.63, 3.8) is 0 Å². The summed E-state index contributed by atoms with van der Waals surface area (Å²) in [4.78, 5) is 4.53. The highest BCUT2D eigenvalue weighted by Crippen LogP contribution is 2.30. The standard InChI is InChI=1S/C15H28N4O2/c1-5-7-19-14(13(21-4)10-16-19)15(20)12-11-17(2)8-6-9-18(12)3/h10,12,15,20H,5-9,11H2,1-4H3. The fourth-order valence-corrected chi connectivity index (χ4v) is 3.05. The number of methoxy groups -OCH3 is 1. The fraction of sp³-hybridized carbons (Fsp3) is 0.800. The molecule has 6 nitrogen and oxygen atoms in total. The average molecular weight is 296 g/mol. The highest BCUT2D eigenvalue weighted by Gasteiger charge is 2.32. The van der Waals surface area contributed by atoms with Crippen LogP contribution in [-0.4, -0.2) is 71.6 Å². The highest BCUT2D eigenvalue weighted by molar-refractivity contribution is 5.28. The molecule has 0 spiro atoms. The Bertz CT molecular complexity index is 449. The van der Waals surface area contributed by atoms with Gasteiger partial charge in [0, 0.05) is 13.1 Å². The van der Waals surface area contributed by atoms with Crippen LogP contribution in [-0.2, 0) is 6.54 Å². The topological polar surface area (TPSA) is 53.8 Å². The maximum atomic E-state index is 11.0. The molecule has 21 heavy (non-hydrogen) atoms. The molecule has 1 aliphatic heterocycles. The lowest BCUT2D eigenvalue weighted by atomic mass is 10.1. The normalized spacial score (nSPS) is 23.0. The maximum Gasteiger partial charge on any atom is 0.162 e. The summed E-state index contributed by atoms with van der Waals surface area (Å²) in [6.07, 6.45) is 3.21. The van der Waals surface area contributed by atoms with Crippen LogP contribution in [0.15, 0.2) is 6.20 Å². The molecule has 6 heteroatoms. The van der Waals surface area contributed by atoms with Gasteiger partial charge in [0.15, 0.2) is 5.75 Å². The lowest BCUT2D eigenvalue weighted by Crippen LogP contribution is -2.42. The molecule has 0 bridgehead atoms. The molecule has 1 fully saturated rings. The van der Waals surface area contributed by atoms with E-state index in [0.29, 0.717) is 5.75 Å². The van der Waals surface area contributed by atoms with Gasteiger partial charge >= 0.3 is 0 Å². The predicted molar refractivity (Wildman–Crippen MR) is 82.6 cm³/mol. The summed E-state index contributed by atoms with van der Waals surface area (Å²) in [5, 5.41) is 15.3. The fourth-order valence-electron chi connectivity index (χ4n) is 3.05. The molecular weight excluding hydrogens is 268 g/mol. The zero-order chi connectivity index (χ0) is 15.4. The third-order valence-corrected chi connectivity index (χ3v) is 4.26. The van der Waals surface area contributed by atoms with Gasteiger partial charge in [0.1, 0.15) is 11.8 Å². The molecule has 1 aliphatic rings. The van der Waals surface area contributed by atoms with E-state index in [1.54, 1.807) is 13.3 Å². The summed E-state index contributed by atoms with van der Waals surface area (Å²) >= 11 is 0. The number of aromatic nitrogens is 2. The number of aliphatic hydroxyl groups excluding tert-OH is 1. The zero-order valence-corrected chi connectivity index (χ0v) is 13.6. The first-order chi connectivity index (χ1) is 10.1. The number of rotatable bonds is 5. The van der Waals surface area contributed by atoms with E-state index >= 15 is 0 Å². The van der Waals surface area contributed by atoms with E-state index in [1.807, 2.05) is 4.68 Å². The van der Waals surface area contributed by atoms with Crippen LogP contribution in [0.5, 0.6) is 5.75 Å². The summed E-state index contributed by atoms with van der Waals surface area (Å²) in [5.41, 5.74) is 0.798. The zero-order valence-electron chi connectivity index (χ0n) is 13.6. The molecule has 1 aromatic rings. The number of ether oxygens (including phenoxy) is 1. The summed E-state index contributed by atoms with van der Waals surface area (Å²) < 4.78 is 7.28. The first-order valence-corrected chi connectivity index (χ1v) is 7.75. The first-order valence-electron chi connectivity index (χ1n) is 7.75. The van der Waals surface area contributed by atoms with Crippen LogP contribution in [0.25, 0.3) is 0 Å². The summed E-state index contributed by atoms with van der Waals surface area (Å²) in [6.45, 7) is 5.81. The van der Waals surface area contributed by atoms with E-state index in [2.05, 4.69) is 35.9 Å². The smallest absolute Gasteiger partial charge is 0.162 e. The van der Waals surface area contributed by atoms with E-state index in [9.17, 15) is 5.11 Å². The minimum atomic E-state index is -0.598. The Hall–Kier alpha value is -1.11. The van der Waals surface area contributed by atoms with Crippen LogP contribution in [0.1, 0.15) is 31.6 Å². The van der Waals surface area contributed by atoms with Crippen molar-refractivity contribution in [2.45, 2.75) is 38.5 Å². The minimum Gasteiger partial charge on any atom is -0.493 e. The molecule has 2 heterocycles. The molecule has 1 saturated heterocycles. The van der Waals surface area contributed by atoms with Gasteiger partial charge < -0.3 is 14.7 Å². The molecule has 0 aliphatic carbocycles. The minimum absolute atomic E-state index is 0.0544. The molecular formula is C15H28N4O2. The molecule has 1 aromatic heterocycles. The van der Waals surface area contributed by atoms with Crippen molar-refractivity contribution >= 4 is 0 Å². The van der Waals surface area contributed by atoms with Crippen LogP contribution >= 0.6 is 0 Å². The van der Waals surface area contributed by atoms with Gasteiger partial charge in [-0.05, 0) is 40.0 Å². The molecule has 1 N–H and O–H groups in total. The van der Waals surface area contributed by atoms with E-state index in [-0.39, 0.29) is 6.04 Å². The second-order valence-electron chi connectivity index (χ2n) is 5.93. The van der Waals surface area contributed by atoms with Crippen molar-refractivity contribution in [1.29, 1.82) is 0 Å². The number of aliphatic hydroxyl groups is 1. The van der Waals surface area contributed by atoms with Crippen molar-refractivity contribution in [1.82, 2.24) is 19.6 Å². The molecule has 0 saturated carbocycles. The average Bonchev–Trinajstić information content (AvgIpc) is 2.78. The number of likely N-dealkylation sites (N-methyl/N-ethyl adjacent to an activating group) is 2.